The molecule has 1 heterocycles. The lowest BCUT2D eigenvalue weighted by molar-refractivity contribution is -0.127. The zero-order valence-electron chi connectivity index (χ0n) is 11.7. The first-order valence-electron chi connectivity index (χ1n) is 6.54. The van der Waals surface area contributed by atoms with E-state index < -0.39 is 37.3 Å². The third-order valence-electron chi connectivity index (χ3n) is 3.17. The lowest BCUT2D eigenvalue weighted by Crippen LogP contribution is -2.53. The Hall–Kier alpha value is -2.16. The molecule has 0 fully saturated rings. The molecule has 1 atom stereocenters. The number of nitrogens with one attached hydrogen (secondary N) is 1. The standard InChI is InChI=1S/C13H14BF2NO5/c1-13(15,16)6-10(18)17-9-5-7-3-2-4-8(12(19)20)11(7)22-14(9)21/h2-4,9,21H,5-6H2,1H3,(H,17,18)(H,19,20). The molecule has 1 unspecified atom stereocenters. The first-order valence-corrected chi connectivity index (χ1v) is 6.54. The number of halogens is 2. The fourth-order valence-electron chi connectivity index (χ4n) is 2.26. The summed E-state index contributed by atoms with van der Waals surface area (Å²) >= 11 is 0. The van der Waals surface area contributed by atoms with Crippen molar-refractivity contribution in [3.05, 3.63) is 29.3 Å². The molecule has 1 amide bonds. The number of carboxylic acids is 1. The van der Waals surface area contributed by atoms with Crippen molar-refractivity contribution in [3.8, 4) is 5.75 Å². The molecule has 1 aromatic rings. The number of benzene rings is 1. The molecular formula is C13H14BF2NO5. The van der Waals surface area contributed by atoms with Crippen molar-refractivity contribution in [1.29, 1.82) is 0 Å². The molecule has 0 aliphatic carbocycles. The van der Waals surface area contributed by atoms with Crippen LogP contribution < -0.4 is 9.97 Å². The molecule has 0 saturated heterocycles. The van der Waals surface area contributed by atoms with Gasteiger partial charge in [-0.15, -0.1) is 0 Å². The predicted molar refractivity (Wildman–Crippen MR) is 72.9 cm³/mol. The van der Waals surface area contributed by atoms with Crippen molar-refractivity contribution in [1.82, 2.24) is 5.32 Å². The van der Waals surface area contributed by atoms with E-state index in [2.05, 4.69) is 5.32 Å². The fraction of sp³-hybridized carbons (Fsp3) is 0.385. The minimum atomic E-state index is -3.15. The average molecular weight is 313 g/mol. The average Bonchev–Trinajstić information content (AvgIpc) is 2.36. The molecule has 1 aliphatic heterocycles. The number of carboxylic acid groups (broad SMARTS) is 1. The molecule has 6 nitrogen and oxygen atoms in total. The Kier molecular flexibility index (Phi) is 4.36. The van der Waals surface area contributed by atoms with Crippen LogP contribution in [0.3, 0.4) is 0 Å². The molecule has 118 valence electrons. The molecule has 2 rings (SSSR count). The van der Waals surface area contributed by atoms with Gasteiger partial charge in [0, 0.05) is 0 Å². The van der Waals surface area contributed by atoms with Crippen LogP contribution >= 0.6 is 0 Å². The summed E-state index contributed by atoms with van der Waals surface area (Å²) in [6.45, 7) is 0.620. The van der Waals surface area contributed by atoms with Crippen molar-refractivity contribution < 1.29 is 33.2 Å². The van der Waals surface area contributed by atoms with Gasteiger partial charge in [-0.25, -0.2) is 13.6 Å². The summed E-state index contributed by atoms with van der Waals surface area (Å²) in [5.41, 5.74) is 0.361. The molecule has 0 radical (unpaired) electrons. The Morgan fingerprint density at radius 2 is 2.18 bits per heavy atom. The van der Waals surface area contributed by atoms with E-state index in [0.717, 1.165) is 0 Å². The molecule has 1 aliphatic rings. The van der Waals surface area contributed by atoms with Crippen LogP contribution in [0, 0.1) is 0 Å². The maximum Gasteiger partial charge on any atom is 0.547 e. The lowest BCUT2D eigenvalue weighted by atomic mass is 9.72. The number of amides is 1. The van der Waals surface area contributed by atoms with E-state index in [1.165, 1.54) is 12.1 Å². The predicted octanol–water partition coefficient (Wildman–Crippen LogP) is 0.869. The zero-order valence-corrected chi connectivity index (χ0v) is 11.7. The van der Waals surface area contributed by atoms with Gasteiger partial charge in [0.05, 0.1) is 17.9 Å². The van der Waals surface area contributed by atoms with Crippen molar-refractivity contribution in [2.75, 3.05) is 0 Å². The second-order valence-corrected chi connectivity index (χ2v) is 5.23. The number of fused-ring (bicyclic) bond motifs is 1. The van der Waals surface area contributed by atoms with E-state index in [9.17, 15) is 23.4 Å². The molecule has 3 N–H and O–H groups in total. The SMILES string of the molecule is CC(F)(F)CC(=O)NC1Cc2cccc(C(=O)O)c2OB1O. The number of carbonyl (C=O) groups excluding carboxylic acids is 1. The van der Waals surface area contributed by atoms with Crippen molar-refractivity contribution in [3.63, 3.8) is 0 Å². The maximum absolute atomic E-state index is 12.8. The summed E-state index contributed by atoms with van der Waals surface area (Å²) in [5.74, 6) is -6.19. The smallest absolute Gasteiger partial charge is 0.534 e. The number of carbonyl (C=O) groups is 2. The number of hydrogen-bond acceptors (Lipinski definition) is 4. The molecule has 0 aromatic heterocycles. The maximum atomic E-state index is 12.8. The van der Waals surface area contributed by atoms with Gasteiger partial charge in [0.2, 0.25) is 5.91 Å². The Morgan fingerprint density at radius 1 is 1.50 bits per heavy atom. The highest BCUT2D eigenvalue weighted by atomic mass is 19.3. The number of rotatable bonds is 4. The fourth-order valence-corrected chi connectivity index (χ4v) is 2.26. The molecule has 0 saturated carbocycles. The highest BCUT2D eigenvalue weighted by Gasteiger charge is 2.38. The summed E-state index contributed by atoms with van der Waals surface area (Å²) in [7, 11) is -1.51. The number of alkyl halides is 2. The quantitative estimate of drug-likeness (QED) is 0.717. The van der Waals surface area contributed by atoms with Crippen molar-refractivity contribution >= 4 is 19.0 Å². The Labute approximate surface area is 125 Å². The second-order valence-electron chi connectivity index (χ2n) is 5.23. The van der Waals surface area contributed by atoms with Crippen LogP contribution in [0.4, 0.5) is 8.78 Å². The lowest BCUT2D eigenvalue weighted by Gasteiger charge is -2.29. The van der Waals surface area contributed by atoms with Gasteiger partial charge in [-0.2, -0.15) is 0 Å². The molecule has 22 heavy (non-hydrogen) atoms. The largest absolute Gasteiger partial charge is 0.547 e. The number of hydrogen-bond donors (Lipinski definition) is 3. The highest BCUT2D eigenvalue weighted by molar-refractivity contribution is 6.47. The van der Waals surface area contributed by atoms with E-state index in [4.69, 9.17) is 9.76 Å². The third-order valence-corrected chi connectivity index (χ3v) is 3.17. The molecule has 0 spiro atoms. The van der Waals surface area contributed by atoms with Gasteiger partial charge in [-0.05, 0) is 25.0 Å². The molecular weight excluding hydrogens is 299 g/mol. The van der Waals surface area contributed by atoms with Gasteiger partial charge < -0.3 is 20.1 Å². The van der Waals surface area contributed by atoms with E-state index in [1.807, 2.05) is 0 Å². The number of para-hydroxylation sites is 1. The molecule has 9 heteroatoms. The minimum absolute atomic E-state index is 0.0221. The highest BCUT2D eigenvalue weighted by Crippen LogP contribution is 2.30. The summed E-state index contributed by atoms with van der Waals surface area (Å²) in [6, 6.07) is 4.41. The van der Waals surface area contributed by atoms with Crippen LogP contribution in [0.2, 0.25) is 0 Å². The normalized spacial score (nSPS) is 17.5. The summed E-state index contributed by atoms with van der Waals surface area (Å²) < 4.78 is 30.7. The van der Waals surface area contributed by atoms with Gasteiger partial charge in [0.25, 0.3) is 5.92 Å². The van der Waals surface area contributed by atoms with Gasteiger partial charge in [-0.3, -0.25) is 4.79 Å². The van der Waals surface area contributed by atoms with E-state index >= 15 is 0 Å². The Balaban J connectivity index is 2.14. The van der Waals surface area contributed by atoms with Crippen LogP contribution in [0.1, 0.15) is 29.3 Å². The van der Waals surface area contributed by atoms with Crippen molar-refractivity contribution in [2.45, 2.75) is 31.6 Å². The summed E-state index contributed by atoms with van der Waals surface area (Å²) in [4.78, 5) is 22.6. The second kappa shape index (κ2) is 5.92. The van der Waals surface area contributed by atoms with Crippen LogP contribution in [-0.4, -0.2) is 41.0 Å². The van der Waals surface area contributed by atoms with E-state index in [1.54, 1.807) is 6.07 Å². The summed E-state index contributed by atoms with van der Waals surface area (Å²) in [6.07, 6.45) is -0.920. The third kappa shape index (κ3) is 3.73. The van der Waals surface area contributed by atoms with E-state index in [-0.39, 0.29) is 17.7 Å². The Morgan fingerprint density at radius 3 is 2.77 bits per heavy atom. The molecule has 1 aromatic carbocycles. The topological polar surface area (TPSA) is 95.9 Å². The number of aromatic carboxylic acids is 1. The van der Waals surface area contributed by atoms with Crippen molar-refractivity contribution in [2.24, 2.45) is 0 Å². The van der Waals surface area contributed by atoms with Gasteiger partial charge >= 0.3 is 13.1 Å². The van der Waals surface area contributed by atoms with E-state index in [0.29, 0.717) is 12.5 Å². The first-order chi connectivity index (χ1) is 10.2. The zero-order chi connectivity index (χ0) is 16.5. The van der Waals surface area contributed by atoms with Crippen LogP contribution in [-0.2, 0) is 11.2 Å². The van der Waals surface area contributed by atoms with Gasteiger partial charge in [-0.1, -0.05) is 12.1 Å². The Bertz CT molecular complexity index is 605. The minimum Gasteiger partial charge on any atom is -0.534 e. The van der Waals surface area contributed by atoms with Gasteiger partial charge in [0.15, 0.2) is 0 Å². The molecule has 0 bridgehead atoms. The monoisotopic (exact) mass is 313 g/mol. The van der Waals surface area contributed by atoms with Crippen LogP contribution in [0.5, 0.6) is 5.75 Å². The van der Waals surface area contributed by atoms with Gasteiger partial charge in [0.1, 0.15) is 5.75 Å². The first kappa shape index (κ1) is 16.2. The summed E-state index contributed by atoms with van der Waals surface area (Å²) in [5, 5.41) is 21.2. The van der Waals surface area contributed by atoms with Crippen LogP contribution in [0.15, 0.2) is 18.2 Å². The van der Waals surface area contributed by atoms with Crippen LogP contribution in [0.25, 0.3) is 0 Å².